The second kappa shape index (κ2) is 7.79. The minimum atomic E-state index is -4.72. The smallest absolute Gasteiger partial charge is 0.416 e. The first-order valence-electron chi connectivity index (χ1n) is 8.18. The first-order valence-corrected chi connectivity index (χ1v) is 10.8. The predicted molar refractivity (Wildman–Crippen MR) is 100 cm³/mol. The Bertz CT molecular complexity index is 1070. The molecular weight excluding hydrogens is 411 g/mol. The lowest BCUT2D eigenvalue weighted by atomic mass is 10.2. The van der Waals surface area contributed by atoms with Crippen LogP contribution in [0.5, 0.6) is 11.8 Å². The second-order valence-electron chi connectivity index (χ2n) is 6.39. The Hall–Kier alpha value is -3.00. The van der Waals surface area contributed by atoms with Gasteiger partial charge in [0.2, 0.25) is 5.95 Å². The van der Waals surface area contributed by atoms with Crippen LogP contribution >= 0.6 is 7.14 Å². The molecule has 0 spiro atoms. The van der Waals surface area contributed by atoms with E-state index in [1.165, 1.54) is 0 Å². The van der Waals surface area contributed by atoms with Gasteiger partial charge in [0.15, 0.2) is 0 Å². The number of ether oxygens (including phenoxy) is 1. The minimum Gasteiger partial charge on any atom is -0.424 e. The number of nitrogens with zero attached hydrogens (tertiary/aromatic N) is 3. The summed E-state index contributed by atoms with van der Waals surface area (Å²) >= 11 is 0. The van der Waals surface area contributed by atoms with Crippen molar-refractivity contribution in [3.63, 3.8) is 0 Å². The summed E-state index contributed by atoms with van der Waals surface area (Å²) in [6.45, 7) is 3.31. The normalized spacial score (nSPS) is 11.9. The standard InChI is InChI=1S/C18H15F4N4O2P/c1-29(2,27)15-5-3-13(4-6-15)25-16-23-10-24-17(26-16)28-14-8-11(18(20,21)22)7-12(19)9-14/h3-10H,1-2H3,(H,23,24,25,26). The number of benzene rings is 2. The summed E-state index contributed by atoms with van der Waals surface area (Å²) in [5.41, 5.74) is -0.603. The maximum Gasteiger partial charge on any atom is 0.416 e. The van der Waals surface area contributed by atoms with Crippen LogP contribution in [0.1, 0.15) is 5.56 Å². The van der Waals surface area contributed by atoms with Crippen molar-refractivity contribution in [3.05, 3.63) is 60.2 Å². The fourth-order valence-electron chi connectivity index (χ4n) is 2.31. The molecule has 1 aromatic heterocycles. The number of alkyl halides is 3. The van der Waals surface area contributed by atoms with Crippen LogP contribution in [0, 0.1) is 5.82 Å². The summed E-state index contributed by atoms with van der Waals surface area (Å²) in [6.07, 6.45) is -3.63. The number of nitrogens with one attached hydrogen (secondary N) is 1. The van der Waals surface area contributed by atoms with Gasteiger partial charge in [0.05, 0.1) is 5.56 Å². The zero-order chi connectivity index (χ0) is 21.2. The maximum absolute atomic E-state index is 13.5. The fourth-order valence-corrected chi connectivity index (χ4v) is 3.18. The summed E-state index contributed by atoms with van der Waals surface area (Å²) in [6, 6.07) is 8.25. The quantitative estimate of drug-likeness (QED) is 0.466. The summed E-state index contributed by atoms with van der Waals surface area (Å²) in [7, 11) is -2.39. The Morgan fingerprint density at radius 1 is 1.03 bits per heavy atom. The molecule has 0 saturated carbocycles. The van der Waals surface area contributed by atoms with Crippen molar-refractivity contribution >= 4 is 24.1 Å². The molecule has 0 unspecified atom stereocenters. The lowest BCUT2D eigenvalue weighted by Crippen LogP contribution is -2.06. The van der Waals surface area contributed by atoms with Gasteiger partial charge in [-0.25, -0.2) is 9.37 Å². The number of halogens is 4. The largest absolute Gasteiger partial charge is 0.424 e. The highest BCUT2D eigenvalue weighted by molar-refractivity contribution is 7.70. The predicted octanol–water partition coefficient (Wildman–Crippen LogP) is 4.81. The number of rotatable bonds is 5. The molecule has 11 heteroatoms. The first-order chi connectivity index (χ1) is 13.5. The van der Waals surface area contributed by atoms with Crippen molar-refractivity contribution in [2.24, 2.45) is 0 Å². The van der Waals surface area contributed by atoms with Crippen LogP contribution in [-0.4, -0.2) is 28.3 Å². The van der Waals surface area contributed by atoms with Gasteiger partial charge < -0.3 is 14.6 Å². The minimum absolute atomic E-state index is 0.0615. The third kappa shape index (κ3) is 5.51. The van der Waals surface area contributed by atoms with Crippen molar-refractivity contribution in [3.8, 4) is 11.8 Å². The van der Waals surface area contributed by atoms with Crippen LogP contribution in [-0.2, 0) is 10.7 Å². The van der Waals surface area contributed by atoms with Crippen molar-refractivity contribution < 1.29 is 26.9 Å². The van der Waals surface area contributed by atoms with E-state index in [-0.39, 0.29) is 12.0 Å². The van der Waals surface area contributed by atoms with Crippen LogP contribution in [0.4, 0.5) is 29.2 Å². The molecule has 0 atom stereocenters. The van der Waals surface area contributed by atoms with E-state index in [2.05, 4.69) is 20.3 Å². The van der Waals surface area contributed by atoms with Gasteiger partial charge in [0.25, 0.3) is 0 Å². The highest BCUT2D eigenvalue weighted by Gasteiger charge is 2.31. The van der Waals surface area contributed by atoms with E-state index < -0.39 is 30.4 Å². The topological polar surface area (TPSA) is 77.0 Å². The molecule has 3 rings (SSSR count). The van der Waals surface area contributed by atoms with E-state index in [1.54, 1.807) is 37.6 Å². The zero-order valence-electron chi connectivity index (χ0n) is 15.2. The molecular formula is C18H15F4N4O2P. The Balaban J connectivity index is 1.78. The molecule has 0 bridgehead atoms. The summed E-state index contributed by atoms with van der Waals surface area (Å²) in [5, 5.41) is 3.57. The molecule has 3 aromatic rings. The van der Waals surface area contributed by atoms with Crippen molar-refractivity contribution in [1.29, 1.82) is 0 Å². The van der Waals surface area contributed by atoms with E-state index in [9.17, 15) is 22.1 Å². The highest BCUT2D eigenvalue weighted by Crippen LogP contribution is 2.35. The van der Waals surface area contributed by atoms with Crippen molar-refractivity contribution in [2.75, 3.05) is 18.6 Å². The summed E-state index contributed by atoms with van der Waals surface area (Å²) in [5.74, 6) is -1.45. The lowest BCUT2D eigenvalue weighted by molar-refractivity contribution is -0.137. The first kappa shape index (κ1) is 20.7. The molecule has 29 heavy (non-hydrogen) atoms. The Morgan fingerprint density at radius 3 is 2.34 bits per heavy atom. The van der Waals surface area contributed by atoms with Crippen LogP contribution in [0.2, 0.25) is 0 Å². The molecule has 6 nitrogen and oxygen atoms in total. The molecule has 1 N–H and O–H groups in total. The van der Waals surface area contributed by atoms with Gasteiger partial charge in [-0.3, -0.25) is 0 Å². The van der Waals surface area contributed by atoms with Crippen molar-refractivity contribution in [2.45, 2.75) is 6.18 Å². The SMILES string of the molecule is CP(C)(=O)c1ccc(Nc2ncnc(Oc3cc(F)cc(C(F)(F)F)c3)n2)cc1. The van der Waals surface area contributed by atoms with Gasteiger partial charge in [-0.2, -0.15) is 23.1 Å². The molecule has 0 aliphatic carbocycles. The van der Waals surface area contributed by atoms with Crippen LogP contribution < -0.4 is 15.4 Å². The van der Waals surface area contributed by atoms with Crippen molar-refractivity contribution in [1.82, 2.24) is 15.0 Å². The molecule has 152 valence electrons. The van der Waals surface area contributed by atoms with Gasteiger partial charge in [-0.1, -0.05) is 0 Å². The highest BCUT2D eigenvalue weighted by atomic mass is 31.2. The van der Waals surface area contributed by atoms with Crippen LogP contribution in [0.25, 0.3) is 0 Å². The van der Waals surface area contributed by atoms with Gasteiger partial charge in [-0.05, 0) is 49.7 Å². The molecule has 1 heterocycles. The van der Waals surface area contributed by atoms with Gasteiger partial charge in [-0.15, -0.1) is 0 Å². The lowest BCUT2D eigenvalue weighted by Gasteiger charge is -2.11. The van der Waals surface area contributed by atoms with E-state index in [0.717, 1.165) is 12.4 Å². The Kier molecular flexibility index (Phi) is 5.57. The maximum atomic E-state index is 13.5. The number of anilines is 2. The average Bonchev–Trinajstić information content (AvgIpc) is 2.60. The van der Waals surface area contributed by atoms with E-state index in [0.29, 0.717) is 23.1 Å². The average molecular weight is 426 g/mol. The Labute approximate surface area is 163 Å². The van der Waals surface area contributed by atoms with E-state index in [1.807, 2.05) is 0 Å². The van der Waals surface area contributed by atoms with Gasteiger partial charge in [0, 0.05) is 17.1 Å². The number of aromatic nitrogens is 3. The number of hydrogen-bond acceptors (Lipinski definition) is 6. The molecule has 2 aromatic carbocycles. The van der Waals surface area contributed by atoms with Gasteiger partial charge in [0.1, 0.15) is 25.0 Å². The van der Waals surface area contributed by atoms with Gasteiger partial charge >= 0.3 is 12.2 Å². The summed E-state index contributed by atoms with van der Waals surface area (Å²) < 4.78 is 69.1. The zero-order valence-corrected chi connectivity index (χ0v) is 16.1. The monoisotopic (exact) mass is 426 g/mol. The Morgan fingerprint density at radius 2 is 1.72 bits per heavy atom. The second-order valence-corrected chi connectivity index (χ2v) is 9.61. The van der Waals surface area contributed by atoms with E-state index in [4.69, 9.17) is 4.74 Å². The van der Waals surface area contributed by atoms with Crippen LogP contribution in [0.3, 0.4) is 0 Å². The molecule has 0 fully saturated rings. The third-order valence-corrected chi connectivity index (χ3v) is 5.24. The number of hydrogen-bond donors (Lipinski definition) is 1. The van der Waals surface area contributed by atoms with E-state index >= 15 is 0 Å². The molecule has 0 aliphatic rings. The molecule has 0 amide bonds. The molecule has 0 saturated heterocycles. The molecule has 0 radical (unpaired) electrons. The third-order valence-electron chi connectivity index (χ3n) is 3.70. The summed E-state index contributed by atoms with van der Waals surface area (Å²) in [4.78, 5) is 11.6. The van der Waals surface area contributed by atoms with Crippen LogP contribution in [0.15, 0.2) is 48.8 Å². The molecule has 0 aliphatic heterocycles. The fraction of sp³-hybridized carbons (Fsp3) is 0.167.